The largest absolute Gasteiger partial charge is 0.396 e. The first kappa shape index (κ1) is 23.7. The maximum atomic E-state index is 10.8. The fraction of sp³-hybridized carbons (Fsp3) is 1.00. The third-order valence-corrected chi connectivity index (χ3v) is 14.2. The third kappa shape index (κ3) is 2.78. The molecule has 0 aliphatic heterocycles. The Hall–Kier alpha value is -0.0800. The van der Waals surface area contributed by atoms with E-state index in [0.717, 1.165) is 24.2 Å². The van der Waals surface area contributed by atoms with E-state index >= 15 is 0 Å². The zero-order valence-corrected chi connectivity index (χ0v) is 22.3. The molecule has 5 fully saturated rings. The second kappa shape index (κ2) is 6.99. The molecule has 184 valence electrons. The zero-order valence-electron chi connectivity index (χ0n) is 22.3. The minimum Gasteiger partial charge on any atom is -0.396 e. The minimum atomic E-state index is -0.102. The molecule has 11 atom stereocenters. The van der Waals surface area contributed by atoms with Crippen molar-refractivity contribution >= 4 is 0 Å². The fourth-order valence-corrected chi connectivity index (χ4v) is 11.4. The van der Waals surface area contributed by atoms with Gasteiger partial charge in [0.1, 0.15) is 0 Å². The Morgan fingerprint density at radius 2 is 1.28 bits per heavy atom. The molecule has 2 nitrogen and oxygen atoms in total. The number of aliphatic hydroxyl groups excluding tert-OH is 2. The molecular formula is C30H52O2. The van der Waals surface area contributed by atoms with Crippen molar-refractivity contribution in [3.8, 4) is 0 Å². The van der Waals surface area contributed by atoms with Crippen LogP contribution in [0.25, 0.3) is 0 Å². The van der Waals surface area contributed by atoms with Gasteiger partial charge >= 0.3 is 0 Å². The van der Waals surface area contributed by atoms with Gasteiger partial charge < -0.3 is 10.2 Å². The standard InChI is InChI=1S/C30H52O2/c1-20-21(32)8-9-22-27(20,4)11-10-23-28(22,5)15-17-30(7)24-18-25(2,19-31)12-13-26(24,3)14-16-29(23,30)6/h20-24,31-32H,8-19H2,1-7H3/t20-,21-,22+,23-,24+,25+,26+,27+,28-,29+,30-/m0/s1. The molecule has 0 aromatic rings. The van der Waals surface area contributed by atoms with Crippen LogP contribution in [0.4, 0.5) is 0 Å². The van der Waals surface area contributed by atoms with E-state index in [2.05, 4.69) is 48.5 Å². The Balaban J connectivity index is 1.53. The molecule has 0 bridgehead atoms. The Kier molecular flexibility index (Phi) is 5.17. The fourth-order valence-electron chi connectivity index (χ4n) is 11.4. The second-order valence-corrected chi connectivity index (χ2v) is 15.3. The molecule has 2 N–H and O–H groups in total. The van der Waals surface area contributed by atoms with E-state index in [-0.39, 0.29) is 11.5 Å². The van der Waals surface area contributed by atoms with Crippen LogP contribution in [-0.4, -0.2) is 22.9 Å². The summed E-state index contributed by atoms with van der Waals surface area (Å²) in [6.07, 6.45) is 14.0. The van der Waals surface area contributed by atoms with Gasteiger partial charge in [-0.1, -0.05) is 48.5 Å². The molecule has 0 aromatic heterocycles. The van der Waals surface area contributed by atoms with Crippen LogP contribution in [0.2, 0.25) is 0 Å². The number of hydrogen-bond acceptors (Lipinski definition) is 2. The van der Waals surface area contributed by atoms with Crippen LogP contribution in [0.5, 0.6) is 0 Å². The first-order valence-corrected chi connectivity index (χ1v) is 14.1. The summed E-state index contributed by atoms with van der Waals surface area (Å²) in [4.78, 5) is 0. The van der Waals surface area contributed by atoms with E-state index in [1.165, 1.54) is 64.2 Å². The lowest BCUT2D eigenvalue weighted by Gasteiger charge is -2.75. The highest BCUT2D eigenvalue weighted by atomic mass is 16.3. The van der Waals surface area contributed by atoms with Crippen molar-refractivity contribution in [1.29, 1.82) is 0 Å². The van der Waals surface area contributed by atoms with Gasteiger partial charge in [-0.2, -0.15) is 0 Å². The summed E-state index contributed by atoms with van der Waals surface area (Å²) in [6.45, 7) is 18.3. The van der Waals surface area contributed by atoms with Crippen LogP contribution in [0.3, 0.4) is 0 Å². The molecule has 0 unspecified atom stereocenters. The smallest absolute Gasteiger partial charge is 0.0571 e. The predicted octanol–water partition coefficient (Wildman–Crippen LogP) is 7.22. The molecule has 5 saturated carbocycles. The SMILES string of the molecule is C[C@H]1[C@@H](O)CC[C@@H]2[C@]1(C)CC[C@H]1[C@@]2(C)CC[C@@]2(C)[C@@H]3C[C@](C)(CO)CC[C@]3(C)CC[C@]12C. The van der Waals surface area contributed by atoms with Gasteiger partial charge in [0.15, 0.2) is 0 Å². The molecule has 5 aliphatic carbocycles. The van der Waals surface area contributed by atoms with E-state index in [1.807, 2.05) is 0 Å². The highest BCUT2D eigenvalue weighted by molar-refractivity contribution is 5.19. The highest BCUT2D eigenvalue weighted by Gasteiger charge is 2.70. The van der Waals surface area contributed by atoms with E-state index < -0.39 is 0 Å². The number of hydrogen-bond donors (Lipinski definition) is 2. The summed E-state index contributed by atoms with van der Waals surface area (Å²) in [5, 5.41) is 21.0. The van der Waals surface area contributed by atoms with E-state index in [4.69, 9.17) is 0 Å². The highest BCUT2D eigenvalue weighted by Crippen LogP contribution is 2.78. The van der Waals surface area contributed by atoms with Gasteiger partial charge in [-0.3, -0.25) is 0 Å². The molecule has 0 radical (unpaired) electrons. The molecule has 5 aliphatic rings. The van der Waals surface area contributed by atoms with Crippen molar-refractivity contribution in [1.82, 2.24) is 0 Å². The van der Waals surface area contributed by atoms with Gasteiger partial charge in [0.05, 0.1) is 6.10 Å². The monoisotopic (exact) mass is 444 g/mol. The Morgan fingerprint density at radius 1 is 0.656 bits per heavy atom. The summed E-state index contributed by atoms with van der Waals surface area (Å²) in [6, 6.07) is 0. The van der Waals surface area contributed by atoms with Crippen molar-refractivity contribution in [2.24, 2.45) is 56.2 Å². The molecule has 2 heteroatoms. The molecule has 0 saturated heterocycles. The summed E-state index contributed by atoms with van der Waals surface area (Å²) >= 11 is 0. The first-order chi connectivity index (χ1) is 14.8. The second-order valence-electron chi connectivity index (χ2n) is 15.3. The van der Waals surface area contributed by atoms with Gasteiger partial charge in [-0.15, -0.1) is 0 Å². The van der Waals surface area contributed by atoms with Gasteiger partial charge in [0, 0.05) is 6.61 Å². The number of aliphatic hydroxyl groups is 2. The van der Waals surface area contributed by atoms with Gasteiger partial charge in [-0.25, -0.2) is 0 Å². The van der Waals surface area contributed by atoms with Crippen molar-refractivity contribution in [3.05, 3.63) is 0 Å². The molecule has 5 rings (SSSR count). The molecular weight excluding hydrogens is 392 g/mol. The third-order valence-electron chi connectivity index (χ3n) is 14.2. The van der Waals surface area contributed by atoms with Gasteiger partial charge in [-0.05, 0) is 127 Å². The maximum Gasteiger partial charge on any atom is 0.0571 e. The Morgan fingerprint density at radius 3 is 1.97 bits per heavy atom. The van der Waals surface area contributed by atoms with Gasteiger partial charge in [0.25, 0.3) is 0 Å². The van der Waals surface area contributed by atoms with Crippen molar-refractivity contribution < 1.29 is 10.2 Å². The Labute approximate surface area is 198 Å². The summed E-state index contributed by atoms with van der Waals surface area (Å²) in [5.41, 5.74) is 2.08. The molecule has 0 spiro atoms. The van der Waals surface area contributed by atoms with Gasteiger partial charge in [0.2, 0.25) is 0 Å². The van der Waals surface area contributed by atoms with Crippen molar-refractivity contribution in [2.75, 3.05) is 6.61 Å². The van der Waals surface area contributed by atoms with Crippen LogP contribution in [0, 0.1) is 56.2 Å². The lowest BCUT2D eigenvalue weighted by molar-refractivity contribution is -0.264. The topological polar surface area (TPSA) is 40.5 Å². The first-order valence-electron chi connectivity index (χ1n) is 14.1. The zero-order chi connectivity index (χ0) is 23.4. The normalized spacial score (nSPS) is 62.3. The molecule has 0 aromatic carbocycles. The lowest BCUT2D eigenvalue weighted by atomic mass is 9.30. The van der Waals surface area contributed by atoms with Crippen LogP contribution < -0.4 is 0 Å². The minimum absolute atomic E-state index is 0.102. The van der Waals surface area contributed by atoms with E-state index in [1.54, 1.807) is 0 Å². The number of rotatable bonds is 1. The van der Waals surface area contributed by atoms with Crippen LogP contribution in [0.15, 0.2) is 0 Å². The maximum absolute atomic E-state index is 10.8. The van der Waals surface area contributed by atoms with Crippen LogP contribution in [0.1, 0.15) is 119 Å². The molecule has 32 heavy (non-hydrogen) atoms. The average Bonchev–Trinajstić information content (AvgIpc) is 2.75. The number of fused-ring (bicyclic) bond motifs is 7. The van der Waals surface area contributed by atoms with Crippen molar-refractivity contribution in [3.63, 3.8) is 0 Å². The van der Waals surface area contributed by atoms with E-state index in [0.29, 0.717) is 39.6 Å². The van der Waals surface area contributed by atoms with Crippen LogP contribution in [-0.2, 0) is 0 Å². The van der Waals surface area contributed by atoms with Crippen molar-refractivity contribution in [2.45, 2.75) is 125 Å². The summed E-state index contributed by atoms with van der Waals surface area (Å²) in [7, 11) is 0. The van der Waals surface area contributed by atoms with E-state index in [9.17, 15) is 10.2 Å². The Bertz CT molecular complexity index is 764. The average molecular weight is 445 g/mol. The molecule has 0 amide bonds. The summed E-state index contributed by atoms with van der Waals surface area (Å²) < 4.78 is 0. The molecule has 0 heterocycles. The predicted molar refractivity (Wildman–Crippen MR) is 132 cm³/mol. The quantitative estimate of drug-likeness (QED) is 0.448. The summed E-state index contributed by atoms with van der Waals surface area (Å²) in [5.74, 6) is 2.74. The lowest BCUT2D eigenvalue weighted by Crippen LogP contribution is -2.68. The van der Waals surface area contributed by atoms with Crippen LogP contribution >= 0.6 is 0 Å².